The van der Waals surface area contributed by atoms with Crippen molar-refractivity contribution in [2.75, 3.05) is 18.4 Å². The van der Waals surface area contributed by atoms with E-state index in [0.717, 1.165) is 18.2 Å². The minimum atomic E-state index is -3.35. The van der Waals surface area contributed by atoms with Crippen LogP contribution < -0.4 is 0 Å². The van der Waals surface area contributed by atoms with Crippen LogP contribution in [0.4, 0.5) is 0 Å². The Balaban J connectivity index is 2.10. The molecule has 5 nitrogen and oxygen atoms in total. The van der Waals surface area contributed by atoms with E-state index in [1.54, 1.807) is 0 Å². The number of alkyl halides is 1. The molecule has 16 heavy (non-hydrogen) atoms. The summed E-state index contributed by atoms with van der Waals surface area (Å²) < 4.78 is 25.7. The molecule has 0 spiro atoms. The molecule has 1 N–H and O–H groups in total. The van der Waals surface area contributed by atoms with Crippen molar-refractivity contribution < 1.29 is 8.42 Å². The fourth-order valence-electron chi connectivity index (χ4n) is 1.93. The zero-order chi connectivity index (χ0) is 11.6. The molecule has 7 heteroatoms. The molecule has 1 aromatic rings. The molecule has 0 radical (unpaired) electrons. The molecule has 1 atom stereocenters. The first-order chi connectivity index (χ1) is 7.64. The largest absolute Gasteiger partial charge is 0.335 e. The van der Waals surface area contributed by atoms with E-state index in [0.29, 0.717) is 19.0 Å². The SMILES string of the molecule is O=S(=O)(c1cnc[nH]1)N1CCC(CCBr)C1. The van der Waals surface area contributed by atoms with Gasteiger partial charge in [0.15, 0.2) is 5.03 Å². The fourth-order valence-corrected chi connectivity index (χ4v) is 4.00. The number of sulfonamides is 1. The van der Waals surface area contributed by atoms with Crippen molar-refractivity contribution in [2.45, 2.75) is 17.9 Å². The number of nitrogens with one attached hydrogen (secondary N) is 1. The monoisotopic (exact) mass is 307 g/mol. The average molecular weight is 308 g/mol. The molecule has 1 saturated heterocycles. The van der Waals surface area contributed by atoms with E-state index in [1.165, 1.54) is 16.8 Å². The van der Waals surface area contributed by atoms with Crippen LogP contribution in [-0.4, -0.2) is 41.1 Å². The Morgan fingerprint density at radius 2 is 2.44 bits per heavy atom. The van der Waals surface area contributed by atoms with Crippen molar-refractivity contribution in [3.63, 3.8) is 0 Å². The lowest BCUT2D eigenvalue weighted by Crippen LogP contribution is -2.29. The molecule has 1 aliphatic heterocycles. The number of imidazole rings is 1. The van der Waals surface area contributed by atoms with Gasteiger partial charge in [-0.15, -0.1) is 0 Å². The fraction of sp³-hybridized carbons (Fsp3) is 0.667. The van der Waals surface area contributed by atoms with Crippen molar-refractivity contribution in [3.8, 4) is 0 Å². The first-order valence-electron chi connectivity index (χ1n) is 5.19. The first-order valence-corrected chi connectivity index (χ1v) is 7.75. The number of nitrogens with zero attached hydrogens (tertiary/aromatic N) is 2. The molecule has 0 bridgehead atoms. The third kappa shape index (κ3) is 2.31. The van der Waals surface area contributed by atoms with Gasteiger partial charge in [0.25, 0.3) is 10.0 Å². The van der Waals surface area contributed by atoms with Crippen LogP contribution >= 0.6 is 15.9 Å². The Morgan fingerprint density at radius 1 is 1.62 bits per heavy atom. The Bertz CT molecular complexity index is 432. The molecule has 0 aromatic carbocycles. The summed E-state index contributed by atoms with van der Waals surface area (Å²) in [5, 5.41) is 1.11. The summed E-state index contributed by atoms with van der Waals surface area (Å²) in [4.78, 5) is 6.40. The number of aromatic nitrogens is 2. The lowest BCUT2D eigenvalue weighted by molar-refractivity contribution is 0.452. The lowest BCUT2D eigenvalue weighted by Gasteiger charge is -2.14. The molecular weight excluding hydrogens is 294 g/mol. The number of rotatable bonds is 4. The first kappa shape index (κ1) is 12.1. The standard InChI is InChI=1S/C9H14BrN3O2S/c10-3-1-8-2-4-13(6-8)16(14,15)9-5-11-7-12-9/h5,7-8H,1-4,6H2,(H,11,12). The number of halogens is 1. The predicted octanol–water partition coefficient (Wildman–Crippen LogP) is 1.21. The maximum atomic E-state index is 12.1. The Hall–Kier alpha value is -0.400. The highest BCUT2D eigenvalue weighted by atomic mass is 79.9. The van der Waals surface area contributed by atoms with E-state index in [2.05, 4.69) is 25.9 Å². The van der Waals surface area contributed by atoms with Crippen LogP contribution in [-0.2, 0) is 10.0 Å². The Morgan fingerprint density at radius 3 is 3.06 bits per heavy atom. The Kier molecular flexibility index (Phi) is 3.66. The zero-order valence-electron chi connectivity index (χ0n) is 8.76. The van der Waals surface area contributed by atoms with Gasteiger partial charge in [-0.05, 0) is 18.8 Å². The number of hydrogen-bond donors (Lipinski definition) is 1. The van der Waals surface area contributed by atoms with Crippen molar-refractivity contribution in [1.29, 1.82) is 0 Å². The minimum Gasteiger partial charge on any atom is -0.335 e. The highest BCUT2D eigenvalue weighted by molar-refractivity contribution is 9.09. The minimum absolute atomic E-state index is 0.187. The van der Waals surface area contributed by atoms with E-state index >= 15 is 0 Å². The summed E-state index contributed by atoms with van der Waals surface area (Å²) in [5.74, 6) is 0.470. The molecule has 2 rings (SSSR count). The highest BCUT2D eigenvalue weighted by Crippen LogP contribution is 2.25. The van der Waals surface area contributed by atoms with Crippen LogP contribution in [0.5, 0.6) is 0 Å². The van der Waals surface area contributed by atoms with Crippen LogP contribution in [0.15, 0.2) is 17.6 Å². The topological polar surface area (TPSA) is 66.1 Å². The Labute approximate surface area is 103 Å². The van der Waals surface area contributed by atoms with Gasteiger partial charge in [0.1, 0.15) is 0 Å². The lowest BCUT2D eigenvalue weighted by atomic mass is 10.1. The second kappa shape index (κ2) is 4.85. The number of H-pyrrole nitrogens is 1. The number of hydrogen-bond acceptors (Lipinski definition) is 3. The molecule has 1 fully saturated rings. The summed E-state index contributed by atoms with van der Waals surface area (Å²) in [6.45, 7) is 1.23. The highest BCUT2D eigenvalue weighted by Gasteiger charge is 2.32. The third-order valence-electron chi connectivity index (χ3n) is 2.86. The molecule has 90 valence electrons. The van der Waals surface area contributed by atoms with E-state index < -0.39 is 10.0 Å². The maximum absolute atomic E-state index is 12.1. The summed E-state index contributed by atoms with van der Waals surface area (Å²) in [6.07, 6.45) is 4.71. The van der Waals surface area contributed by atoms with Gasteiger partial charge in [-0.1, -0.05) is 15.9 Å². The quantitative estimate of drug-likeness (QED) is 0.850. The van der Waals surface area contributed by atoms with Crippen LogP contribution in [0.2, 0.25) is 0 Å². The van der Waals surface area contributed by atoms with E-state index in [1.807, 2.05) is 0 Å². The van der Waals surface area contributed by atoms with Crippen LogP contribution in [0.1, 0.15) is 12.8 Å². The van der Waals surface area contributed by atoms with Crippen molar-refractivity contribution in [3.05, 3.63) is 12.5 Å². The van der Waals surface area contributed by atoms with Gasteiger partial charge in [0.05, 0.1) is 12.5 Å². The second-order valence-electron chi connectivity index (χ2n) is 3.91. The van der Waals surface area contributed by atoms with Gasteiger partial charge < -0.3 is 4.98 Å². The maximum Gasteiger partial charge on any atom is 0.260 e. The predicted molar refractivity (Wildman–Crippen MR) is 63.9 cm³/mol. The molecule has 1 aromatic heterocycles. The van der Waals surface area contributed by atoms with Crippen molar-refractivity contribution in [1.82, 2.24) is 14.3 Å². The van der Waals surface area contributed by atoms with Crippen molar-refractivity contribution >= 4 is 26.0 Å². The van der Waals surface area contributed by atoms with Crippen molar-refractivity contribution in [2.24, 2.45) is 5.92 Å². The van der Waals surface area contributed by atoms with E-state index in [-0.39, 0.29) is 5.03 Å². The molecule has 2 heterocycles. The van der Waals surface area contributed by atoms with E-state index in [9.17, 15) is 8.42 Å². The van der Waals surface area contributed by atoms with Gasteiger partial charge in [0, 0.05) is 18.4 Å². The summed E-state index contributed by atoms with van der Waals surface area (Å²) in [6, 6.07) is 0. The summed E-state index contributed by atoms with van der Waals surface area (Å²) >= 11 is 3.38. The van der Waals surface area contributed by atoms with Gasteiger partial charge >= 0.3 is 0 Å². The molecule has 1 aliphatic rings. The third-order valence-corrected chi connectivity index (χ3v) is 5.11. The second-order valence-corrected chi connectivity index (χ2v) is 6.61. The summed E-state index contributed by atoms with van der Waals surface area (Å²) in [5.41, 5.74) is 0. The van der Waals surface area contributed by atoms with E-state index in [4.69, 9.17) is 0 Å². The van der Waals surface area contributed by atoms with Gasteiger partial charge in [-0.25, -0.2) is 13.4 Å². The average Bonchev–Trinajstić information content (AvgIpc) is 2.88. The smallest absolute Gasteiger partial charge is 0.260 e. The molecule has 1 unspecified atom stereocenters. The van der Waals surface area contributed by atoms with Crippen LogP contribution in [0, 0.1) is 5.92 Å². The molecular formula is C9H14BrN3O2S. The van der Waals surface area contributed by atoms with Gasteiger partial charge in [0.2, 0.25) is 0 Å². The van der Waals surface area contributed by atoms with Crippen LogP contribution in [0.3, 0.4) is 0 Å². The zero-order valence-corrected chi connectivity index (χ0v) is 11.2. The number of aromatic amines is 1. The van der Waals surface area contributed by atoms with Crippen LogP contribution in [0.25, 0.3) is 0 Å². The molecule has 0 amide bonds. The normalized spacial score (nSPS) is 22.7. The van der Waals surface area contributed by atoms with Gasteiger partial charge in [-0.2, -0.15) is 4.31 Å². The molecule has 0 saturated carbocycles. The molecule has 0 aliphatic carbocycles. The summed E-state index contributed by atoms with van der Waals surface area (Å²) in [7, 11) is -3.35. The van der Waals surface area contributed by atoms with Gasteiger partial charge in [-0.3, -0.25) is 0 Å².